The minimum absolute atomic E-state index is 0.319. The fraction of sp³-hybridized carbons (Fsp3) is 0.385. The van der Waals surface area contributed by atoms with Gasteiger partial charge in [-0.25, -0.2) is 9.59 Å². The first-order valence-electron chi connectivity index (χ1n) is 5.87. The molecule has 0 saturated heterocycles. The van der Waals surface area contributed by atoms with Gasteiger partial charge in [-0.15, -0.1) is 0 Å². The Morgan fingerprint density at radius 1 is 1.33 bits per heavy atom. The van der Waals surface area contributed by atoms with E-state index in [4.69, 9.17) is 4.42 Å². The maximum atomic E-state index is 11.4. The molecular weight excluding hydrogens is 250 g/mol. The Morgan fingerprint density at radius 2 is 2.11 bits per heavy atom. The first kappa shape index (κ1) is 11.4. The molecular formula is C13H11NO3S. The second-order valence-corrected chi connectivity index (χ2v) is 5.51. The van der Waals surface area contributed by atoms with E-state index in [-0.39, 0.29) is 4.94 Å². The molecule has 1 aliphatic carbocycles. The molecule has 1 saturated carbocycles. The maximum Gasteiger partial charge on any atom is 0.396 e. The second-order valence-electron chi connectivity index (χ2n) is 4.53. The molecule has 92 valence electrons. The molecule has 1 fully saturated rings. The van der Waals surface area contributed by atoms with Crippen LogP contribution in [-0.4, -0.2) is 6.08 Å². The van der Waals surface area contributed by atoms with E-state index >= 15 is 0 Å². The maximum absolute atomic E-state index is 11.4. The van der Waals surface area contributed by atoms with E-state index in [9.17, 15) is 9.59 Å². The fourth-order valence-electron chi connectivity index (χ4n) is 2.75. The summed E-state index contributed by atoms with van der Waals surface area (Å²) in [6, 6.07) is 5.62. The van der Waals surface area contributed by atoms with E-state index in [1.165, 1.54) is 0 Å². The lowest BCUT2D eigenvalue weighted by atomic mass is 9.88. The van der Waals surface area contributed by atoms with E-state index in [1.807, 2.05) is 18.2 Å². The van der Waals surface area contributed by atoms with Crippen molar-refractivity contribution in [3.05, 3.63) is 33.5 Å². The van der Waals surface area contributed by atoms with Gasteiger partial charge < -0.3 is 4.42 Å². The quantitative estimate of drug-likeness (QED) is 0.616. The molecule has 1 aromatic heterocycles. The summed E-state index contributed by atoms with van der Waals surface area (Å²) >= 11 is 1.08. The van der Waals surface area contributed by atoms with E-state index in [0.717, 1.165) is 47.3 Å². The van der Waals surface area contributed by atoms with Gasteiger partial charge in [0.2, 0.25) is 6.08 Å². The highest BCUT2D eigenvalue weighted by Crippen LogP contribution is 2.44. The molecule has 0 bridgehead atoms. The number of rotatable bonds is 2. The van der Waals surface area contributed by atoms with Gasteiger partial charge in [-0.05, 0) is 18.9 Å². The van der Waals surface area contributed by atoms with Crippen LogP contribution in [0.25, 0.3) is 10.3 Å². The summed E-state index contributed by atoms with van der Waals surface area (Å²) < 4.78 is 6.07. The molecule has 1 aromatic carbocycles. The Bertz CT molecular complexity index is 688. The standard InChI is InChI=1S/C13H11NO3S/c15-8-14-13(6-1-2-7-13)9-4-3-5-10-11(9)17-12(16)18-10/h3-5H,1-2,6-7H2. The van der Waals surface area contributed by atoms with Crippen LogP contribution in [0.3, 0.4) is 0 Å². The Hall–Kier alpha value is -1.71. The van der Waals surface area contributed by atoms with Gasteiger partial charge in [0.15, 0.2) is 5.58 Å². The van der Waals surface area contributed by atoms with Crippen molar-refractivity contribution in [1.82, 2.24) is 0 Å². The van der Waals surface area contributed by atoms with Crippen molar-refractivity contribution in [2.24, 2.45) is 4.99 Å². The highest BCUT2D eigenvalue weighted by molar-refractivity contribution is 7.16. The van der Waals surface area contributed by atoms with Crippen LogP contribution >= 0.6 is 11.3 Å². The van der Waals surface area contributed by atoms with E-state index in [0.29, 0.717) is 5.58 Å². The predicted molar refractivity (Wildman–Crippen MR) is 68.6 cm³/mol. The third kappa shape index (κ3) is 1.64. The summed E-state index contributed by atoms with van der Waals surface area (Å²) in [6.07, 6.45) is 5.34. The lowest BCUT2D eigenvalue weighted by Crippen LogP contribution is -2.19. The highest BCUT2D eigenvalue weighted by atomic mass is 32.1. The van der Waals surface area contributed by atoms with Gasteiger partial charge in [0.1, 0.15) is 5.54 Å². The number of aliphatic imine (C=N–C) groups is 1. The average molecular weight is 261 g/mol. The van der Waals surface area contributed by atoms with Gasteiger partial charge in [-0.3, -0.25) is 0 Å². The lowest BCUT2D eigenvalue weighted by molar-refractivity contribution is 0.449. The van der Waals surface area contributed by atoms with Crippen molar-refractivity contribution in [3.8, 4) is 0 Å². The van der Waals surface area contributed by atoms with Crippen molar-refractivity contribution in [2.45, 2.75) is 31.2 Å². The smallest absolute Gasteiger partial charge is 0.396 e. The van der Waals surface area contributed by atoms with Crippen LogP contribution < -0.4 is 4.94 Å². The van der Waals surface area contributed by atoms with Gasteiger partial charge >= 0.3 is 4.94 Å². The van der Waals surface area contributed by atoms with E-state index in [2.05, 4.69) is 4.99 Å². The normalized spacial score (nSPS) is 17.8. The van der Waals surface area contributed by atoms with E-state index in [1.54, 1.807) is 6.08 Å². The summed E-state index contributed by atoms with van der Waals surface area (Å²) in [5.74, 6) is 0. The number of nitrogens with zero attached hydrogens (tertiary/aromatic N) is 1. The van der Waals surface area contributed by atoms with Crippen LogP contribution in [0.4, 0.5) is 0 Å². The van der Waals surface area contributed by atoms with Gasteiger partial charge in [0, 0.05) is 5.56 Å². The van der Waals surface area contributed by atoms with Crippen molar-refractivity contribution in [2.75, 3.05) is 0 Å². The molecule has 0 amide bonds. The fourth-order valence-corrected chi connectivity index (χ4v) is 3.45. The topological polar surface area (TPSA) is 59.6 Å². The SMILES string of the molecule is O=C=NC1(c2cccc3sc(=O)oc23)CCCC1. The largest absolute Gasteiger partial charge is 0.414 e. The summed E-state index contributed by atoms with van der Waals surface area (Å²) in [6.45, 7) is 0. The van der Waals surface area contributed by atoms with Gasteiger partial charge in [-0.1, -0.05) is 36.3 Å². The Kier molecular flexibility index (Phi) is 2.65. The molecule has 18 heavy (non-hydrogen) atoms. The minimum Gasteiger partial charge on any atom is -0.414 e. The Balaban J connectivity index is 2.29. The van der Waals surface area contributed by atoms with Crippen molar-refractivity contribution in [3.63, 3.8) is 0 Å². The number of fused-ring (bicyclic) bond motifs is 1. The van der Waals surface area contributed by atoms with Gasteiger partial charge in [0.25, 0.3) is 0 Å². The van der Waals surface area contributed by atoms with Crippen molar-refractivity contribution >= 4 is 27.7 Å². The van der Waals surface area contributed by atoms with Crippen molar-refractivity contribution < 1.29 is 9.21 Å². The molecule has 1 heterocycles. The molecule has 3 rings (SSSR count). The number of carbonyl (C=O) groups excluding carboxylic acids is 1. The predicted octanol–water partition coefficient (Wildman–Crippen LogP) is 2.96. The molecule has 4 nitrogen and oxygen atoms in total. The van der Waals surface area contributed by atoms with Crippen LogP contribution in [0.1, 0.15) is 31.2 Å². The number of benzene rings is 1. The summed E-state index contributed by atoms with van der Waals surface area (Å²) in [5, 5.41) is 0. The lowest BCUT2D eigenvalue weighted by Gasteiger charge is -2.22. The third-order valence-electron chi connectivity index (χ3n) is 3.55. The molecule has 0 aliphatic heterocycles. The van der Waals surface area contributed by atoms with Crippen LogP contribution in [0.15, 0.2) is 32.4 Å². The number of para-hydroxylation sites is 1. The van der Waals surface area contributed by atoms with Gasteiger partial charge in [-0.2, -0.15) is 4.99 Å². The van der Waals surface area contributed by atoms with Crippen LogP contribution in [0, 0.1) is 0 Å². The second kappa shape index (κ2) is 4.19. The van der Waals surface area contributed by atoms with E-state index < -0.39 is 5.54 Å². The first-order valence-corrected chi connectivity index (χ1v) is 6.69. The Morgan fingerprint density at radius 3 is 2.83 bits per heavy atom. The molecule has 0 N–H and O–H groups in total. The van der Waals surface area contributed by atoms with Crippen LogP contribution in [0.5, 0.6) is 0 Å². The summed E-state index contributed by atoms with van der Waals surface area (Å²) in [5.41, 5.74) is 0.880. The zero-order valence-electron chi connectivity index (χ0n) is 9.64. The third-order valence-corrected chi connectivity index (χ3v) is 4.34. The summed E-state index contributed by atoms with van der Waals surface area (Å²) in [7, 11) is 0. The van der Waals surface area contributed by atoms with Crippen LogP contribution in [-0.2, 0) is 10.3 Å². The molecule has 1 aliphatic rings. The average Bonchev–Trinajstić information content (AvgIpc) is 2.94. The first-order chi connectivity index (χ1) is 8.75. The molecule has 2 aromatic rings. The summed E-state index contributed by atoms with van der Waals surface area (Å²) in [4.78, 5) is 25.8. The highest BCUT2D eigenvalue weighted by Gasteiger charge is 2.38. The molecule has 0 radical (unpaired) electrons. The Labute approximate surface area is 107 Å². The van der Waals surface area contributed by atoms with Crippen molar-refractivity contribution in [1.29, 1.82) is 0 Å². The number of hydrogen-bond donors (Lipinski definition) is 0. The molecule has 0 atom stereocenters. The van der Waals surface area contributed by atoms with Gasteiger partial charge in [0.05, 0.1) is 4.70 Å². The molecule has 0 spiro atoms. The zero-order valence-corrected chi connectivity index (χ0v) is 10.5. The van der Waals surface area contributed by atoms with Crippen LogP contribution in [0.2, 0.25) is 0 Å². The molecule has 0 unspecified atom stereocenters. The number of hydrogen-bond acceptors (Lipinski definition) is 5. The minimum atomic E-state index is -0.543. The number of isocyanates is 1. The monoisotopic (exact) mass is 261 g/mol. The zero-order chi connectivity index (χ0) is 12.6. The molecule has 5 heteroatoms.